The van der Waals surface area contributed by atoms with Gasteiger partial charge in [-0.25, -0.2) is 0 Å². The second kappa shape index (κ2) is 6.07. The molecule has 2 unspecified atom stereocenters. The summed E-state index contributed by atoms with van der Waals surface area (Å²) in [5, 5.41) is 13.4. The molecule has 94 valence electrons. The highest BCUT2D eigenvalue weighted by Gasteiger charge is 2.20. The molecule has 1 saturated carbocycles. The van der Waals surface area contributed by atoms with Gasteiger partial charge >= 0.3 is 0 Å². The van der Waals surface area contributed by atoms with E-state index in [-0.39, 0.29) is 12.1 Å². The lowest BCUT2D eigenvalue weighted by atomic mass is 10.1. The minimum Gasteiger partial charge on any atom is -0.392 e. The summed E-state index contributed by atoms with van der Waals surface area (Å²) in [7, 11) is 0. The summed E-state index contributed by atoms with van der Waals surface area (Å²) >= 11 is 0. The lowest BCUT2D eigenvalue weighted by molar-refractivity contribution is 0.119. The first-order valence-corrected chi connectivity index (χ1v) is 6.44. The van der Waals surface area contributed by atoms with E-state index >= 15 is 0 Å². The molecule has 1 heterocycles. The van der Waals surface area contributed by atoms with E-state index < -0.39 is 0 Å². The number of aliphatic hydroxyl groups excluding tert-OH is 1. The van der Waals surface area contributed by atoms with Gasteiger partial charge in [0.05, 0.1) is 17.5 Å². The molecular weight excluding hydrogens is 214 g/mol. The summed E-state index contributed by atoms with van der Waals surface area (Å²) in [6.07, 6.45) is 8.91. The molecule has 1 aliphatic carbocycles. The van der Waals surface area contributed by atoms with Crippen LogP contribution in [0.5, 0.6) is 0 Å². The molecule has 0 radical (unpaired) electrons. The third kappa shape index (κ3) is 3.75. The molecule has 17 heavy (non-hydrogen) atoms. The van der Waals surface area contributed by atoms with Crippen LogP contribution in [0.2, 0.25) is 0 Å². The van der Waals surface area contributed by atoms with E-state index in [0.717, 1.165) is 30.7 Å². The van der Waals surface area contributed by atoms with Crippen molar-refractivity contribution in [2.75, 3.05) is 0 Å². The summed E-state index contributed by atoms with van der Waals surface area (Å²) in [4.78, 5) is 8.52. The third-order valence-corrected chi connectivity index (χ3v) is 3.36. The summed E-state index contributed by atoms with van der Waals surface area (Å²) in [5.41, 5.74) is 1.87. The van der Waals surface area contributed by atoms with Crippen molar-refractivity contribution in [3.05, 3.63) is 23.8 Å². The van der Waals surface area contributed by atoms with E-state index in [4.69, 9.17) is 0 Å². The molecule has 2 N–H and O–H groups in total. The largest absolute Gasteiger partial charge is 0.392 e. The van der Waals surface area contributed by atoms with Crippen molar-refractivity contribution in [2.45, 2.75) is 57.7 Å². The lowest BCUT2D eigenvalue weighted by Gasteiger charge is -2.21. The molecule has 0 bridgehead atoms. The Bertz CT molecular complexity index is 339. The highest BCUT2D eigenvalue weighted by Crippen LogP contribution is 2.18. The van der Waals surface area contributed by atoms with Crippen LogP contribution in [0.25, 0.3) is 0 Å². The first-order chi connectivity index (χ1) is 8.25. The Morgan fingerprint density at radius 1 is 1.24 bits per heavy atom. The number of aromatic nitrogens is 2. The summed E-state index contributed by atoms with van der Waals surface area (Å²) < 4.78 is 0. The molecule has 0 aromatic carbocycles. The highest BCUT2D eigenvalue weighted by atomic mass is 16.3. The molecule has 1 aromatic heterocycles. The normalized spacial score (nSPS) is 25.5. The van der Waals surface area contributed by atoms with Gasteiger partial charge in [0.15, 0.2) is 0 Å². The van der Waals surface area contributed by atoms with Gasteiger partial charge in [-0.2, -0.15) is 0 Å². The van der Waals surface area contributed by atoms with Gasteiger partial charge in [-0.15, -0.1) is 0 Å². The maximum absolute atomic E-state index is 9.97. The fourth-order valence-corrected chi connectivity index (χ4v) is 2.27. The highest BCUT2D eigenvalue weighted by molar-refractivity contribution is 5.00. The van der Waals surface area contributed by atoms with Crippen molar-refractivity contribution in [1.82, 2.24) is 15.3 Å². The Morgan fingerprint density at radius 3 is 2.82 bits per heavy atom. The van der Waals surface area contributed by atoms with E-state index in [1.165, 1.54) is 12.8 Å². The number of hydrogen-bond donors (Lipinski definition) is 2. The maximum Gasteiger partial charge on any atom is 0.0724 e. The zero-order valence-corrected chi connectivity index (χ0v) is 10.4. The summed E-state index contributed by atoms with van der Waals surface area (Å²) in [6, 6.07) is 0.209. The van der Waals surface area contributed by atoms with Crippen LogP contribution in [0.4, 0.5) is 0 Å². The van der Waals surface area contributed by atoms with Gasteiger partial charge in [0, 0.05) is 25.0 Å². The third-order valence-electron chi connectivity index (χ3n) is 3.36. The van der Waals surface area contributed by atoms with Crippen LogP contribution in [0, 0.1) is 6.92 Å². The van der Waals surface area contributed by atoms with Crippen molar-refractivity contribution >= 4 is 0 Å². The quantitative estimate of drug-likeness (QED) is 0.781. The van der Waals surface area contributed by atoms with Crippen molar-refractivity contribution in [2.24, 2.45) is 0 Å². The van der Waals surface area contributed by atoms with Crippen LogP contribution in [-0.4, -0.2) is 27.2 Å². The Hall–Kier alpha value is -1.00. The minimum absolute atomic E-state index is 0.209. The standard InChI is InChI=1S/C13H21N3O/c1-10-7-15-11(8-14-10)9-16-12-5-3-2-4-6-13(12)17/h7-8,12-13,16-17H,2-6,9H2,1H3. The van der Waals surface area contributed by atoms with E-state index in [1.807, 2.05) is 6.92 Å². The Labute approximate surface area is 102 Å². The topological polar surface area (TPSA) is 58.0 Å². The molecule has 1 aromatic rings. The van der Waals surface area contributed by atoms with E-state index in [1.54, 1.807) is 12.4 Å². The van der Waals surface area contributed by atoms with Crippen molar-refractivity contribution < 1.29 is 5.11 Å². The van der Waals surface area contributed by atoms with Gasteiger partial charge in [-0.3, -0.25) is 9.97 Å². The van der Waals surface area contributed by atoms with Crippen LogP contribution < -0.4 is 5.32 Å². The van der Waals surface area contributed by atoms with Crippen LogP contribution in [0.1, 0.15) is 43.5 Å². The molecule has 0 aliphatic heterocycles. The van der Waals surface area contributed by atoms with Crippen molar-refractivity contribution in [3.63, 3.8) is 0 Å². The first-order valence-electron chi connectivity index (χ1n) is 6.44. The number of nitrogens with one attached hydrogen (secondary N) is 1. The number of rotatable bonds is 3. The Kier molecular flexibility index (Phi) is 4.45. The lowest BCUT2D eigenvalue weighted by Crippen LogP contribution is -2.38. The van der Waals surface area contributed by atoms with Gasteiger partial charge in [0.1, 0.15) is 0 Å². The molecule has 2 rings (SSSR count). The van der Waals surface area contributed by atoms with E-state index in [0.29, 0.717) is 6.54 Å². The van der Waals surface area contributed by atoms with Crippen molar-refractivity contribution in [3.8, 4) is 0 Å². The van der Waals surface area contributed by atoms with E-state index in [2.05, 4.69) is 15.3 Å². The van der Waals surface area contributed by atoms with Gasteiger partial charge < -0.3 is 10.4 Å². The van der Waals surface area contributed by atoms with Crippen LogP contribution in [0.15, 0.2) is 12.4 Å². The average molecular weight is 235 g/mol. The molecule has 4 heteroatoms. The van der Waals surface area contributed by atoms with Crippen molar-refractivity contribution in [1.29, 1.82) is 0 Å². The minimum atomic E-state index is -0.212. The predicted molar refractivity (Wildman–Crippen MR) is 66.5 cm³/mol. The molecule has 0 saturated heterocycles. The second-order valence-electron chi connectivity index (χ2n) is 4.84. The fourth-order valence-electron chi connectivity index (χ4n) is 2.27. The van der Waals surface area contributed by atoms with Crippen LogP contribution >= 0.6 is 0 Å². The average Bonchev–Trinajstić information content (AvgIpc) is 2.54. The SMILES string of the molecule is Cc1cnc(CNC2CCCCCC2O)cn1. The summed E-state index contributed by atoms with van der Waals surface area (Å²) in [6.45, 7) is 2.62. The number of nitrogens with zero attached hydrogens (tertiary/aromatic N) is 2. The second-order valence-corrected chi connectivity index (χ2v) is 4.84. The molecule has 2 atom stereocenters. The number of aliphatic hydroxyl groups is 1. The number of hydrogen-bond acceptors (Lipinski definition) is 4. The monoisotopic (exact) mass is 235 g/mol. The molecular formula is C13H21N3O. The maximum atomic E-state index is 9.97. The molecule has 1 aliphatic rings. The molecule has 0 spiro atoms. The van der Waals surface area contributed by atoms with Gasteiger partial charge in [0.2, 0.25) is 0 Å². The van der Waals surface area contributed by atoms with Gasteiger partial charge in [-0.05, 0) is 19.8 Å². The van der Waals surface area contributed by atoms with Crippen LogP contribution in [0.3, 0.4) is 0 Å². The zero-order chi connectivity index (χ0) is 12.1. The molecule has 0 amide bonds. The smallest absolute Gasteiger partial charge is 0.0724 e. The Morgan fingerprint density at radius 2 is 2.06 bits per heavy atom. The zero-order valence-electron chi connectivity index (χ0n) is 10.4. The van der Waals surface area contributed by atoms with E-state index in [9.17, 15) is 5.11 Å². The molecule has 4 nitrogen and oxygen atoms in total. The Balaban J connectivity index is 1.85. The fraction of sp³-hybridized carbons (Fsp3) is 0.692. The predicted octanol–water partition coefficient (Wildman–Crippen LogP) is 1.57. The molecule has 1 fully saturated rings. The first kappa shape index (κ1) is 12.5. The van der Waals surface area contributed by atoms with Crippen LogP contribution in [-0.2, 0) is 6.54 Å². The van der Waals surface area contributed by atoms with Gasteiger partial charge in [-0.1, -0.05) is 19.3 Å². The van der Waals surface area contributed by atoms with Gasteiger partial charge in [0.25, 0.3) is 0 Å². The summed E-state index contributed by atoms with van der Waals surface area (Å²) in [5.74, 6) is 0. The number of aryl methyl sites for hydroxylation is 1.